The molecule has 1 saturated heterocycles. The number of nitrogens with one attached hydrogen (secondary N) is 1. The van der Waals surface area contributed by atoms with Crippen LogP contribution in [-0.4, -0.2) is 26.3 Å². The van der Waals surface area contributed by atoms with Crippen molar-refractivity contribution in [1.29, 1.82) is 0 Å². The third kappa shape index (κ3) is 3.92. The second-order valence-electron chi connectivity index (χ2n) is 3.82. The van der Waals surface area contributed by atoms with E-state index in [1.165, 1.54) is 19.3 Å². The summed E-state index contributed by atoms with van der Waals surface area (Å²) in [7, 11) is 2.05. The zero-order chi connectivity index (χ0) is 9.52. The molecule has 0 amide bonds. The van der Waals surface area contributed by atoms with Crippen LogP contribution < -0.4 is 5.32 Å². The Morgan fingerprint density at radius 1 is 1.69 bits per heavy atom. The first-order valence-electron chi connectivity index (χ1n) is 5.22. The van der Waals surface area contributed by atoms with E-state index in [-0.39, 0.29) is 0 Å². The van der Waals surface area contributed by atoms with Crippen LogP contribution in [0, 0.1) is 5.92 Å². The monoisotopic (exact) mass is 183 g/mol. The first-order chi connectivity index (χ1) is 6.36. The van der Waals surface area contributed by atoms with E-state index in [4.69, 9.17) is 4.74 Å². The second-order valence-corrected chi connectivity index (χ2v) is 3.82. The van der Waals surface area contributed by atoms with Crippen molar-refractivity contribution in [3.05, 3.63) is 12.7 Å². The Morgan fingerprint density at radius 3 is 3.08 bits per heavy atom. The normalized spacial score (nSPS) is 24.5. The Bertz CT molecular complexity index is 141. The van der Waals surface area contributed by atoms with Crippen molar-refractivity contribution in [2.24, 2.45) is 5.92 Å². The molecule has 1 aliphatic heterocycles. The predicted octanol–water partition coefficient (Wildman–Crippen LogP) is 1.97. The van der Waals surface area contributed by atoms with Gasteiger partial charge in [-0.05, 0) is 38.6 Å². The van der Waals surface area contributed by atoms with Crippen LogP contribution >= 0.6 is 0 Å². The fourth-order valence-corrected chi connectivity index (χ4v) is 1.87. The lowest BCUT2D eigenvalue weighted by molar-refractivity contribution is 0.181. The van der Waals surface area contributed by atoms with Crippen LogP contribution in [0.15, 0.2) is 12.7 Å². The maximum atomic E-state index is 5.36. The molecule has 2 nitrogen and oxygen atoms in total. The minimum atomic E-state index is 0.643. The van der Waals surface area contributed by atoms with E-state index in [0.717, 1.165) is 25.6 Å². The first kappa shape index (κ1) is 10.7. The van der Waals surface area contributed by atoms with Crippen LogP contribution in [0.4, 0.5) is 0 Å². The van der Waals surface area contributed by atoms with E-state index in [9.17, 15) is 0 Å². The highest BCUT2D eigenvalue weighted by Gasteiger charge is 2.19. The summed E-state index contributed by atoms with van der Waals surface area (Å²) in [5.74, 6) is 0.780. The van der Waals surface area contributed by atoms with Gasteiger partial charge in [-0.3, -0.25) is 0 Å². The Labute approximate surface area is 81.4 Å². The van der Waals surface area contributed by atoms with Crippen LogP contribution in [0.25, 0.3) is 0 Å². The van der Waals surface area contributed by atoms with E-state index in [1.54, 1.807) is 0 Å². The van der Waals surface area contributed by atoms with E-state index in [2.05, 4.69) is 11.9 Å². The van der Waals surface area contributed by atoms with E-state index < -0.39 is 0 Å². The van der Waals surface area contributed by atoms with E-state index in [0.29, 0.717) is 6.04 Å². The lowest BCUT2D eigenvalue weighted by Crippen LogP contribution is -2.27. The topological polar surface area (TPSA) is 21.3 Å². The number of allylic oxidation sites excluding steroid dienone is 1. The third-order valence-electron chi connectivity index (χ3n) is 2.77. The summed E-state index contributed by atoms with van der Waals surface area (Å²) in [6.45, 7) is 5.67. The van der Waals surface area contributed by atoms with Crippen molar-refractivity contribution in [3.8, 4) is 0 Å². The Balaban J connectivity index is 2.17. The van der Waals surface area contributed by atoms with Gasteiger partial charge in [0.05, 0.1) is 0 Å². The summed E-state index contributed by atoms with van der Waals surface area (Å²) >= 11 is 0. The molecule has 2 unspecified atom stereocenters. The molecule has 0 aromatic heterocycles. The second kappa shape index (κ2) is 6.17. The molecular weight excluding hydrogens is 162 g/mol. The van der Waals surface area contributed by atoms with Crippen molar-refractivity contribution in [2.75, 3.05) is 20.3 Å². The minimum Gasteiger partial charge on any atom is -0.381 e. The smallest absolute Gasteiger partial charge is 0.0495 e. The molecule has 0 bridgehead atoms. The average Bonchev–Trinajstić information content (AvgIpc) is 2.64. The number of ether oxygens (including phenoxy) is 1. The maximum Gasteiger partial charge on any atom is 0.0495 e. The molecule has 1 aliphatic rings. The Kier molecular flexibility index (Phi) is 5.09. The summed E-state index contributed by atoms with van der Waals surface area (Å²) < 4.78 is 5.36. The van der Waals surface area contributed by atoms with Gasteiger partial charge in [-0.25, -0.2) is 0 Å². The van der Waals surface area contributed by atoms with Gasteiger partial charge in [-0.2, -0.15) is 0 Å². The predicted molar refractivity (Wildman–Crippen MR) is 55.8 cm³/mol. The quantitative estimate of drug-likeness (QED) is 0.636. The molecular formula is C11H21NO. The molecule has 1 heterocycles. The molecule has 0 aliphatic carbocycles. The zero-order valence-corrected chi connectivity index (χ0v) is 8.59. The van der Waals surface area contributed by atoms with Gasteiger partial charge in [-0.15, -0.1) is 6.58 Å². The van der Waals surface area contributed by atoms with E-state index in [1.807, 2.05) is 13.1 Å². The van der Waals surface area contributed by atoms with E-state index >= 15 is 0 Å². The van der Waals surface area contributed by atoms with Crippen LogP contribution in [-0.2, 0) is 4.74 Å². The zero-order valence-electron chi connectivity index (χ0n) is 8.59. The van der Waals surface area contributed by atoms with Gasteiger partial charge < -0.3 is 10.1 Å². The molecule has 2 heteroatoms. The van der Waals surface area contributed by atoms with Crippen LogP contribution in [0.1, 0.15) is 25.7 Å². The van der Waals surface area contributed by atoms with Crippen molar-refractivity contribution >= 4 is 0 Å². The van der Waals surface area contributed by atoms with Gasteiger partial charge in [0, 0.05) is 19.3 Å². The highest BCUT2D eigenvalue weighted by atomic mass is 16.5. The van der Waals surface area contributed by atoms with Crippen LogP contribution in [0.2, 0.25) is 0 Å². The van der Waals surface area contributed by atoms with Crippen molar-refractivity contribution in [3.63, 3.8) is 0 Å². The Hall–Kier alpha value is -0.340. The van der Waals surface area contributed by atoms with Gasteiger partial charge in [0.25, 0.3) is 0 Å². The SMILES string of the molecule is C=CCCC(CC1CCOC1)NC. The number of rotatable bonds is 6. The summed E-state index contributed by atoms with van der Waals surface area (Å²) in [5, 5.41) is 3.36. The number of hydrogen-bond acceptors (Lipinski definition) is 2. The summed E-state index contributed by atoms with van der Waals surface area (Å²) in [6, 6.07) is 0.643. The average molecular weight is 183 g/mol. The molecule has 1 N–H and O–H groups in total. The van der Waals surface area contributed by atoms with Crippen molar-refractivity contribution in [2.45, 2.75) is 31.7 Å². The summed E-state index contributed by atoms with van der Waals surface area (Å²) in [4.78, 5) is 0. The molecule has 1 rings (SSSR count). The van der Waals surface area contributed by atoms with Gasteiger partial charge in [0.1, 0.15) is 0 Å². The van der Waals surface area contributed by atoms with Gasteiger partial charge >= 0.3 is 0 Å². The molecule has 0 radical (unpaired) electrons. The highest BCUT2D eigenvalue weighted by molar-refractivity contribution is 4.77. The molecule has 0 aromatic carbocycles. The molecule has 13 heavy (non-hydrogen) atoms. The fraction of sp³-hybridized carbons (Fsp3) is 0.818. The van der Waals surface area contributed by atoms with Gasteiger partial charge in [0.2, 0.25) is 0 Å². The Morgan fingerprint density at radius 2 is 2.54 bits per heavy atom. The lowest BCUT2D eigenvalue weighted by atomic mass is 9.96. The molecule has 0 spiro atoms. The maximum absolute atomic E-state index is 5.36. The van der Waals surface area contributed by atoms with Crippen molar-refractivity contribution < 1.29 is 4.74 Å². The standard InChI is InChI=1S/C11H21NO/c1-3-4-5-11(12-2)8-10-6-7-13-9-10/h3,10-12H,1,4-9H2,2H3. The minimum absolute atomic E-state index is 0.643. The summed E-state index contributed by atoms with van der Waals surface area (Å²) in [6.07, 6.45) is 6.81. The van der Waals surface area contributed by atoms with Gasteiger partial charge in [-0.1, -0.05) is 6.08 Å². The number of hydrogen-bond donors (Lipinski definition) is 1. The molecule has 2 atom stereocenters. The fourth-order valence-electron chi connectivity index (χ4n) is 1.87. The van der Waals surface area contributed by atoms with Gasteiger partial charge in [0.15, 0.2) is 0 Å². The molecule has 1 fully saturated rings. The summed E-state index contributed by atoms with van der Waals surface area (Å²) in [5.41, 5.74) is 0. The third-order valence-corrected chi connectivity index (χ3v) is 2.77. The largest absolute Gasteiger partial charge is 0.381 e. The highest BCUT2D eigenvalue weighted by Crippen LogP contribution is 2.19. The lowest BCUT2D eigenvalue weighted by Gasteiger charge is -2.18. The molecule has 76 valence electrons. The first-order valence-corrected chi connectivity index (χ1v) is 5.22. The van der Waals surface area contributed by atoms with Crippen molar-refractivity contribution in [1.82, 2.24) is 5.32 Å². The van der Waals surface area contributed by atoms with Crippen LogP contribution in [0.5, 0.6) is 0 Å². The van der Waals surface area contributed by atoms with Crippen LogP contribution in [0.3, 0.4) is 0 Å². The molecule has 0 saturated carbocycles. The molecule has 0 aromatic rings.